The molecule has 0 saturated carbocycles. The molecule has 1 heterocycles. The number of amides is 1. The second-order valence-electron chi connectivity index (χ2n) is 4.74. The third kappa shape index (κ3) is 3.81. The Bertz CT molecular complexity index is 550. The molecule has 0 aliphatic heterocycles. The van der Waals surface area contributed by atoms with Crippen molar-refractivity contribution in [2.24, 2.45) is 0 Å². The van der Waals surface area contributed by atoms with Crippen molar-refractivity contribution in [3.05, 3.63) is 42.0 Å². The molecule has 0 spiro atoms. The van der Waals surface area contributed by atoms with Gasteiger partial charge in [0.05, 0.1) is 0 Å². The molecule has 6 heteroatoms. The van der Waals surface area contributed by atoms with Crippen LogP contribution in [0.15, 0.2) is 30.6 Å². The van der Waals surface area contributed by atoms with E-state index >= 15 is 0 Å². The number of benzene rings is 1. The summed E-state index contributed by atoms with van der Waals surface area (Å²) in [6.07, 6.45) is 3.09. The van der Waals surface area contributed by atoms with Gasteiger partial charge in [0.25, 0.3) is 5.91 Å². The molecule has 6 nitrogen and oxygen atoms in total. The van der Waals surface area contributed by atoms with E-state index in [4.69, 9.17) is 0 Å². The van der Waals surface area contributed by atoms with Gasteiger partial charge in [-0.15, -0.1) is 0 Å². The molecule has 0 atom stereocenters. The number of anilines is 1. The molecular weight excluding hydrogens is 254 g/mol. The van der Waals surface area contributed by atoms with Gasteiger partial charge in [0.1, 0.15) is 12.2 Å². The van der Waals surface area contributed by atoms with Crippen molar-refractivity contribution in [2.45, 2.75) is 12.8 Å². The van der Waals surface area contributed by atoms with E-state index in [1.165, 1.54) is 6.33 Å². The first-order valence-electron chi connectivity index (χ1n) is 6.56. The van der Waals surface area contributed by atoms with Crippen LogP contribution in [0.25, 0.3) is 0 Å². The lowest BCUT2D eigenvalue weighted by molar-refractivity contribution is 0.0953. The fourth-order valence-corrected chi connectivity index (χ4v) is 1.84. The van der Waals surface area contributed by atoms with Crippen molar-refractivity contribution >= 4 is 11.6 Å². The maximum Gasteiger partial charge on any atom is 0.251 e. The molecule has 20 heavy (non-hydrogen) atoms. The fourth-order valence-electron chi connectivity index (χ4n) is 1.84. The molecule has 2 aromatic rings. The van der Waals surface area contributed by atoms with E-state index in [1.54, 1.807) is 0 Å². The minimum atomic E-state index is -0.0498. The second-order valence-corrected chi connectivity index (χ2v) is 4.74. The van der Waals surface area contributed by atoms with E-state index in [-0.39, 0.29) is 5.91 Å². The number of carbonyl (C=O) groups is 1. The molecule has 1 aromatic carbocycles. The average molecular weight is 273 g/mol. The van der Waals surface area contributed by atoms with Gasteiger partial charge >= 0.3 is 0 Å². The van der Waals surface area contributed by atoms with Crippen LogP contribution in [0.1, 0.15) is 22.6 Å². The number of hydrogen-bond donors (Lipinski definition) is 2. The summed E-state index contributed by atoms with van der Waals surface area (Å²) < 4.78 is 0. The van der Waals surface area contributed by atoms with E-state index in [2.05, 4.69) is 20.5 Å². The predicted molar refractivity (Wildman–Crippen MR) is 77.8 cm³/mol. The van der Waals surface area contributed by atoms with Crippen LogP contribution in [0.2, 0.25) is 0 Å². The van der Waals surface area contributed by atoms with Crippen LogP contribution in [0.5, 0.6) is 0 Å². The zero-order valence-electron chi connectivity index (χ0n) is 11.8. The van der Waals surface area contributed by atoms with Gasteiger partial charge in [0.15, 0.2) is 0 Å². The fraction of sp³-hybridized carbons (Fsp3) is 0.357. The zero-order chi connectivity index (χ0) is 14.4. The van der Waals surface area contributed by atoms with Gasteiger partial charge in [-0.05, 0) is 24.6 Å². The van der Waals surface area contributed by atoms with Gasteiger partial charge in [0.2, 0.25) is 0 Å². The van der Waals surface area contributed by atoms with Gasteiger partial charge in [0, 0.05) is 38.3 Å². The number of nitrogens with one attached hydrogen (secondary N) is 2. The topological polar surface area (TPSA) is 73.9 Å². The number of aromatic amines is 1. The highest BCUT2D eigenvalue weighted by molar-refractivity contribution is 5.95. The molecule has 0 unspecified atom stereocenters. The van der Waals surface area contributed by atoms with E-state index in [1.807, 2.05) is 43.3 Å². The third-order valence-electron chi connectivity index (χ3n) is 2.97. The first-order valence-corrected chi connectivity index (χ1v) is 6.56. The number of hydrogen-bond acceptors (Lipinski definition) is 4. The van der Waals surface area contributed by atoms with E-state index in [9.17, 15) is 4.79 Å². The molecule has 0 bridgehead atoms. The molecule has 0 aliphatic carbocycles. The first kappa shape index (κ1) is 14.0. The standard InChI is InChI=1S/C14H19N5O/c1-19(2)12-6-3-5-11(9-12)14(20)15-8-4-7-13-16-10-17-18-13/h3,5-6,9-10H,4,7-8H2,1-2H3,(H,15,20)(H,16,17,18). The monoisotopic (exact) mass is 273 g/mol. The maximum atomic E-state index is 12.0. The first-order chi connectivity index (χ1) is 9.66. The molecule has 0 fully saturated rings. The van der Waals surface area contributed by atoms with Gasteiger partial charge in [-0.25, -0.2) is 4.98 Å². The van der Waals surface area contributed by atoms with Crippen molar-refractivity contribution in [3.8, 4) is 0 Å². The highest BCUT2D eigenvalue weighted by atomic mass is 16.1. The van der Waals surface area contributed by atoms with E-state index < -0.39 is 0 Å². The minimum Gasteiger partial charge on any atom is -0.378 e. The zero-order valence-corrected chi connectivity index (χ0v) is 11.8. The largest absolute Gasteiger partial charge is 0.378 e. The Hall–Kier alpha value is -2.37. The summed E-state index contributed by atoms with van der Waals surface area (Å²) in [5.74, 6) is 0.792. The molecule has 1 aromatic heterocycles. The molecule has 0 aliphatic rings. The highest BCUT2D eigenvalue weighted by Gasteiger charge is 2.06. The van der Waals surface area contributed by atoms with Crippen molar-refractivity contribution in [3.63, 3.8) is 0 Å². The Kier molecular flexibility index (Phi) is 4.70. The van der Waals surface area contributed by atoms with Gasteiger partial charge < -0.3 is 10.2 Å². The third-order valence-corrected chi connectivity index (χ3v) is 2.97. The Labute approximate surface area is 118 Å². The van der Waals surface area contributed by atoms with Crippen molar-refractivity contribution < 1.29 is 4.79 Å². The average Bonchev–Trinajstić information content (AvgIpc) is 2.96. The molecule has 2 N–H and O–H groups in total. The van der Waals surface area contributed by atoms with E-state index in [0.29, 0.717) is 12.1 Å². The number of rotatable bonds is 6. The van der Waals surface area contributed by atoms with Crippen LogP contribution in [-0.2, 0) is 6.42 Å². The normalized spacial score (nSPS) is 10.3. The van der Waals surface area contributed by atoms with Crippen molar-refractivity contribution in [2.75, 3.05) is 25.5 Å². The molecule has 1 amide bonds. The lowest BCUT2D eigenvalue weighted by Crippen LogP contribution is -2.25. The summed E-state index contributed by atoms with van der Waals surface area (Å²) in [6, 6.07) is 7.56. The van der Waals surface area contributed by atoms with Crippen LogP contribution in [0, 0.1) is 0 Å². The van der Waals surface area contributed by atoms with E-state index in [0.717, 1.165) is 24.4 Å². The van der Waals surface area contributed by atoms with Crippen LogP contribution >= 0.6 is 0 Å². The Balaban J connectivity index is 1.81. The van der Waals surface area contributed by atoms with Crippen molar-refractivity contribution in [1.82, 2.24) is 20.5 Å². The molecular formula is C14H19N5O. The summed E-state index contributed by atoms with van der Waals surface area (Å²) in [4.78, 5) is 18.0. The van der Waals surface area contributed by atoms with Crippen LogP contribution < -0.4 is 10.2 Å². The van der Waals surface area contributed by atoms with Crippen molar-refractivity contribution in [1.29, 1.82) is 0 Å². The van der Waals surface area contributed by atoms with Crippen LogP contribution in [-0.4, -0.2) is 41.7 Å². The molecule has 2 rings (SSSR count). The predicted octanol–water partition coefficient (Wildman–Crippen LogP) is 1.23. The Morgan fingerprint density at radius 2 is 2.25 bits per heavy atom. The van der Waals surface area contributed by atoms with Crippen LogP contribution in [0.4, 0.5) is 5.69 Å². The number of carbonyl (C=O) groups excluding carboxylic acids is 1. The second kappa shape index (κ2) is 6.70. The number of aromatic nitrogens is 3. The Morgan fingerprint density at radius 1 is 1.40 bits per heavy atom. The smallest absolute Gasteiger partial charge is 0.251 e. The minimum absolute atomic E-state index is 0.0498. The summed E-state index contributed by atoms with van der Waals surface area (Å²) in [5.41, 5.74) is 1.69. The summed E-state index contributed by atoms with van der Waals surface area (Å²) in [7, 11) is 3.91. The highest BCUT2D eigenvalue weighted by Crippen LogP contribution is 2.13. The van der Waals surface area contributed by atoms with Gasteiger partial charge in [-0.3, -0.25) is 9.89 Å². The van der Waals surface area contributed by atoms with Gasteiger partial charge in [-0.1, -0.05) is 6.07 Å². The quantitative estimate of drug-likeness (QED) is 0.776. The molecule has 106 valence electrons. The number of H-pyrrole nitrogens is 1. The SMILES string of the molecule is CN(C)c1cccc(C(=O)NCCCc2ncn[nH]2)c1. The lowest BCUT2D eigenvalue weighted by atomic mass is 10.1. The lowest BCUT2D eigenvalue weighted by Gasteiger charge is -2.13. The van der Waals surface area contributed by atoms with Gasteiger partial charge in [-0.2, -0.15) is 5.10 Å². The Morgan fingerprint density at radius 3 is 2.95 bits per heavy atom. The summed E-state index contributed by atoms with van der Waals surface area (Å²) in [6.45, 7) is 0.617. The number of nitrogens with zero attached hydrogens (tertiary/aromatic N) is 3. The summed E-state index contributed by atoms with van der Waals surface area (Å²) >= 11 is 0. The summed E-state index contributed by atoms with van der Waals surface area (Å²) in [5, 5.41) is 9.49. The number of aryl methyl sites for hydroxylation is 1. The maximum absolute atomic E-state index is 12.0. The molecule has 0 radical (unpaired) electrons. The van der Waals surface area contributed by atoms with Crippen LogP contribution in [0.3, 0.4) is 0 Å². The molecule has 0 saturated heterocycles.